The highest BCUT2D eigenvalue weighted by molar-refractivity contribution is 5.94. The van der Waals surface area contributed by atoms with E-state index in [-0.39, 0.29) is 25.7 Å². The van der Waals surface area contributed by atoms with Gasteiger partial charge in [-0.1, -0.05) is 79.1 Å². The second-order valence-corrected chi connectivity index (χ2v) is 15.4. The highest BCUT2D eigenvalue weighted by Crippen LogP contribution is 2.19. The van der Waals surface area contributed by atoms with Crippen molar-refractivity contribution in [2.45, 2.75) is 207 Å². The van der Waals surface area contributed by atoms with Crippen LogP contribution in [0.3, 0.4) is 0 Å². The van der Waals surface area contributed by atoms with E-state index in [0.717, 1.165) is 61.2 Å². The second kappa shape index (κ2) is 27.4. The van der Waals surface area contributed by atoms with Crippen molar-refractivity contribution in [2.75, 3.05) is 14.1 Å². The number of hydrogen-bond donors (Lipinski definition) is 2. The molecule has 16 nitrogen and oxygen atoms in total. The third kappa shape index (κ3) is 17.3. The summed E-state index contributed by atoms with van der Waals surface area (Å²) in [5.74, 6) is -6.49. The summed E-state index contributed by atoms with van der Waals surface area (Å²) >= 11 is 0. The van der Waals surface area contributed by atoms with Crippen molar-refractivity contribution in [3.63, 3.8) is 0 Å². The van der Waals surface area contributed by atoms with Crippen LogP contribution in [0, 0.1) is 0 Å². The number of esters is 4. The Balaban J connectivity index is 3.68. The molecule has 1 rings (SSSR count). The van der Waals surface area contributed by atoms with E-state index >= 15 is 0 Å². The smallest absolute Gasteiger partial charge is 0.329 e. The van der Waals surface area contributed by atoms with Gasteiger partial charge >= 0.3 is 23.9 Å². The van der Waals surface area contributed by atoms with Gasteiger partial charge in [0.2, 0.25) is 0 Å². The Bertz CT molecular complexity index is 1360. The summed E-state index contributed by atoms with van der Waals surface area (Å²) in [5, 5.41) is 5.08. The Labute approximate surface area is 345 Å². The Kier molecular flexibility index (Phi) is 24.5. The van der Waals surface area contributed by atoms with Crippen molar-refractivity contribution in [3.05, 3.63) is 0 Å². The van der Waals surface area contributed by atoms with Gasteiger partial charge in [-0.15, -0.1) is 0 Å². The molecule has 0 spiro atoms. The molecular formula is C42H72N4O12. The van der Waals surface area contributed by atoms with Gasteiger partial charge in [-0.2, -0.15) is 0 Å². The largest absolute Gasteiger partial charge is 0.451 e. The normalized spacial score (nSPS) is 26.9. The van der Waals surface area contributed by atoms with Gasteiger partial charge in [0, 0.05) is 14.1 Å². The number of carbonyl (C=O) groups excluding carboxylic acids is 8. The number of unbranched alkanes of at least 4 members (excludes halogenated alkanes) is 8. The highest BCUT2D eigenvalue weighted by Gasteiger charge is 2.38. The Morgan fingerprint density at radius 3 is 0.983 bits per heavy atom. The maximum Gasteiger partial charge on any atom is 0.329 e. The molecule has 1 saturated heterocycles. The molecule has 0 aromatic rings. The average Bonchev–Trinajstić information content (AvgIpc) is 3.19. The van der Waals surface area contributed by atoms with Gasteiger partial charge in [0.1, 0.15) is 24.2 Å². The quantitative estimate of drug-likeness (QED) is 0.124. The number of likely N-dealkylation sites (N-methyl/N-ethyl adjacent to an activating group) is 2. The van der Waals surface area contributed by atoms with Crippen LogP contribution in [0.5, 0.6) is 0 Å². The minimum Gasteiger partial charge on any atom is -0.451 e. The maximum absolute atomic E-state index is 13.9. The lowest BCUT2D eigenvalue weighted by Crippen LogP contribution is -2.53. The number of hydrogen-bond acceptors (Lipinski definition) is 12. The van der Waals surface area contributed by atoms with Gasteiger partial charge in [0.25, 0.3) is 23.6 Å². The Morgan fingerprint density at radius 1 is 0.414 bits per heavy atom. The minimum absolute atomic E-state index is 0.131. The fourth-order valence-electron chi connectivity index (χ4n) is 6.12. The van der Waals surface area contributed by atoms with E-state index in [2.05, 4.69) is 10.6 Å². The third-order valence-electron chi connectivity index (χ3n) is 10.4. The summed E-state index contributed by atoms with van der Waals surface area (Å²) in [4.78, 5) is 111. The number of nitrogens with one attached hydrogen (secondary N) is 2. The molecule has 0 saturated carbocycles. The molecule has 1 heterocycles. The summed E-state index contributed by atoms with van der Waals surface area (Å²) in [7, 11) is 2.73. The summed E-state index contributed by atoms with van der Waals surface area (Å²) in [5.41, 5.74) is 0. The lowest BCUT2D eigenvalue weighted by atomic mass is 10.1. The van der Waals surface area contributed by atoms with Crippen LogP contribution in [0.1, 0.15) is 158 Å². The van der Waals surface area contributed by atoms with E-state index in [1.54, 1.807) is 0 Å². The maximum atomic E-state index is 13.9. The zero-order valence-electron chi connectivity index (χ0n) is 36.7. The fraction of sp³-hybridized carbons (Fsp3) is 0.810. The van der Waals surface area contributed by atoms with Crippen LogP contribution < -0.4 is 10.6 Å². The first-order valence-electron chi connectivity index (χ1n) is 21.4. The molecule has 0 unspecified atom stereocenters. The standard InChI is InChI=1S/C42H72N4O12/c1-11-15-19-23-31-35(47)44-28(6)40(52)57-33(25-21-17-13-3)37(49)46(10)30(8)42(54)58-34(26-22-18-14-4)38(50)45(9)29(7)41(53)56-32(24-20-16-12-2)36(48)43-27(5)39(51)55-31/h27-34H,11-26H2,1-10H3,(H,43,48)(H,44,47)/t27-,28-,29-,30-,31+,32+,33+,34+/m1/s1. The van der Waals surface area contributed by atoms with Crippen LogP contribution >= 0.6 is 0 Å². The number of nitrogens with zero attached hydrogens (tertiary/aromatic N) is 2. The average molecular weight is 825 g/mol. The fourth-order valence-corrected chi connectivity index (χ4v) is 6.12. The molecule has 0 aromatic carbocycles. The molecule has 0 aromatic heterocycles. The summed E-state index contributed by atoms with van der Waals surface area (Å²) in [6.07, 6.45) is 3.59. The van der Waals surface area contributed by atoms with Crippen LogP contribution in [-0.2, 0) is 57.3 Å². The molecule has 8 atom stereocenters. The minimum atomic E-state index is -1.32. The van der Waals surface area contributed by atoms with E-state index in [9.17, 15) is 38.4 Å². The molecular weight excluding hydrogens is 752 g/mol. The van der Waals surface area contributed by atoms with Gasteiger partial charge in [-0.05, 0) is 79.1 Å². The number of rotatable bonds is 16. The topological polar surface area (TPSA) is 204 Å². The molecule has 16 heteroatoms. The first kappa shape index (κ1) is 51.8. The van der Waals surface area contributed by atoms with Crippen molar-refractivity contribution >= 4 is 47.5 Å². The molecule has 4 amide bonds. The first-order valence-corrected chi connectivity index (χ1v) is 21.4. The van der Waals surface area contributed by atoms with Crippen LogP contribution in [-0.4, -0.2) is 120 Å². The molecule has 1 aliphatic rings. The van der Waals surface area contributed by atoms with Crippen molar-refractivity contribution in [1.29, 1.82) is 0 Å². The molecule has 332 valence electrons. The summed E-state index contributed by atoms with van der Waals surface area (Å²) in [6, 6.07) is -4.94. The highest BCUT2D eigenvalue weighted by atomic mass is 16.6. The predicted octanol–water partition coefficient (Wildman–Crippen LogP) is 4.67. The Hall–Kier alpha value is -4.24. The van der Waals surface area contributed by atoms with Crippen molar-refractivity contribution in [3.8, 4) is 0 Å². The number of cyclic esters (lactones) is 4. The summed E-state index contributed by atoms with van der Waals surface area (Å²) in [6.45, 7) is 13.5. The van der Waals surface area contributed by atoms with E-state index < -0.39 is 96.1 Å². The van der Waals surface area contributed by atoms with Crippen molar-refractivity contribution in [1.82, 2.24) is 20.4 Å². The Morgan fingerprint density at radius 2 is 0.672 bits per heavy atom. The number of carbonyl (C=O) groups is 8. The molecule has 1 fully saturated rings. The van der Waals surface area contributed by atoms with Crippen LogP contribution in [0.4, 0.5) is 0 Å². The molecule has 0 radical (unpaired) electrons. The number of amides is 4. The molecule has 2 N–H and O–H groups in total. The second-order valence-electron chi connectivity index (χ2n) is 15.4. The van der Waals surface area contributed by atoms with Crippen LogP contribution in [0.15, 0.2) is 0 Å². The third-order valence-corrected chi connectivity index (χ3v) is 10.4. The van der Waals surface area contributed by atoms with Crippen molar-refractivity contribution < 1.29 is 57.3 Å². The van der Waals surface area contributed by atoms with Gasteiger partial charge in [-0.3, -0.25) is 19.2 Å². The molecule has 1 aliphatic heterocycles. The van der Waals surface area contributed by atoms with Gasteiger partial charge in [-0.25, -0.2) is 19.2 Å². The molecule has 0 aliphatic carbocycles. The molecule has 0 bridgehead atoms. The van der Waals surface area contributed by atoms with Gasteiger partial charge in [0.15, 0.2) is 24.4 Å². The lowest BCUT2D eigenvalue weighted by molar-refractivity contribution is -0.172. The first-order chi connectivity index (χ1) is 27.4. The van der Waals surface area contributed by atoms with Gasteiger partial charge in [0.05, 0.1) is 0 Å². The summed E-state index contributed by atoms with van der Waals surface area (Å²) < 4.78 is 22.7. The van der Waals surface area contributed by atoms with Crippen molar-refractivity contribution in [2.24, 2.45) is 0 Å². The predicted molar refractivity (Wildman–Crippen MR) is 216 cm³/mol. The van der Waals surface area contributed by atoms with E-state index in [1.165, 1.54) is 41.8 Å². The van der Waals surface area contributed by atoms with E-state index in [1.807, 2.05) is 27.7 Å². The zero-order chi connectivity index (χ0) is 43.9. The number of ether oxygens (including phenoxy) is 4. The van der Waals surface area contributed by atoms with Gasteiger partial charge < -0.3 is 39.4 Å². The van der Waals surface area contributed by atoms with Crippen LogP contribution in [0.25, 0.3) is 0 Å². The zero-order valence-corrected chi connectivity index (χ0v) is 36.7. The monoisotopic (exact) mass is 825 g/mol. The van der Waals surface area contributed by atoms with Crippen LogP contribution in [0.2, 0.25) is 0 Å². The lowest BCUT2D eigenvalue weighted by Gasteiger charge is -2.31. The molecule has 58 heavy (non-hydrogen) atoms. The van der Waals surface area contributed by atoms with E-state index in [4.69, 9.17) is 18.9 Å². The van der Waals surface area contributed by atoms with E-state index in [0.29, 0.717) is 25.7 Å². The SMILES string of the molecule is CCCCC[C@@H]1OC(=O)[C@@H](C)N(C)C(=O)[C@H](CCCCC)OC(=O)[C@@H](C)N(C)C(=O)[C@H](CCCCC)OC(=O)[C@@H](C)NC(=O)[C@H](CCCCC)OC(=O)[C@@H](C)NC1=O.